The fourth-order valence-electron chi connectivity index (χ4n) is 12.6. The predicted molar refractivity (Wildman–Crippen MR) is 389 cm³/mol. The Morgan fingerprint density at radius 3 is 1.57 bits per heavy atom. The van der Waals surface area contributed by atoms with Crippen LogP contribution in [-0.4, -0.2) is 200 Å². The van der Waals surface area contributed by atoms with Gasteiger partial charge in [-0.15, -0.1) is 0 Å². The molecule has 4 aromatic rings. The Bertz CT molecular complexity index is 3460. The van der Waals surface area contributed by atoms with Gasteiger partial charge in [-0.2, -0.15) is 0 Å². The van der Waals surface area contributed by atoms with Crippen LogP contribution in [0.1, 0.15) is 147 Å². The van der Waals surface area contributed by atoms with Crippen LogP contribution >= 0.6 is 0 Å². The number of hydrogen-bond donors (Lipinski definition) is 6. The standard InChI is InChI=1S/C78H107N5O25/c1-49-66(47-101-52(4)86)107-77(71(81-51(3)85)72(49)104-54(6)88)100-41-39-98-37-35-80-75(94)65(32-33-68(91)79-34-36-97-38-40-99-76-50(2)73(105-55(7)89)74(106-56(8)90)67(108-76)48-102-53(5)87)83-70(93)23-19-14-12-11-13-18-22-69(92)82-62-43-57(45-84)42-58(44-62)46-103-78(59-20-16-15-17-21-59,60-24-28-63(95-9)29-25-60)61-26-30-64(96-10)31-27-61/h15-17,20-21,24-31,42-44,49-50,65-67,71-74,76-77,84H,11-14,18-19,22-23,32-41,45-48H2,1-10H3,(H,79,91)(H,80,94)(H,81,85)(H,82,92)(H,83,93)/t49-,50+,65+,66+,67+,71+,72-,73+,74-,76?,77?/m0/s1. The van der Waals surface area contributed by atoms with Crippen molar-refractivity contribution < 1.29 is 119 Å². The van der Waals surface area contributed by atoms with Gasteiger partial charge in [0, 0.05) is 91.4 Å². The third-order valence-corrected chi connectivity index (χ3v) is 17.8. The largest absolute Gasteiger partial charge is 0.497 e. The second-order valence-corrected chi connectivity index (χ2v) is 26.3. The summed E-state index contributed by atoms with van der Waals surface area (Å²) in [6.45, 7) is 10.2. The van der Waals surface area contributed by atoms with Crippen LogP contribution in [0.25, 0.3) is 0 Å². The SMILES string of the molecule is COc1ccc(C(OCc2cc(CO)cc(NC(=O)CCCCCCCCC(=O)N[C@H](CCC(=O)NCCOCCOC3O[C@H](COC(C)=O)[C@H](OC(C)=O)[C@H](OC(C)=O)[C@H]3C)C(=O)NCCOCCOC3O[C@H](COC(C)=O)[C@H](C)[C@H](OC(C)=O)[C@H]3NC(C)=O)c2)(c2ccccc2)c2ccc(OC)cc2)cc1. The van der Waals surface area contributed by atoms with E-state index in [0.29, 0.717) is 42.0 Å². The van der Waals surface area contributed by atoms with Crippen LogP contribution in [0.3, 0.4) is 0 Å². The van der Waals surface area contributed by atoms with E-state index in [4.69, 9.17) is 66.3 Å². The van der Waals surface area contributed by atoms with Crippen LogP contribution in [0.5, 0.6) is 11.5 Å². The summed E-state index contributed by atoms with van der Waals surface area (Å²) in [4.78, 5) is 126. The van der Waals surface area contributed by atoms with Gasteiger partial charge in [-0.05, 0) is 83.5 Å². The summed E-state index contributed by atoms with van der Waals surface area (Å²) in [6.07, 6.45) is -2.65. The quantitative estimate of drug-likeness (QED) is 0.0119. The monoisotopic (exact) mass is 1510 g/mol. The van der Waals surface area contributed by atoms with Gasteiger partial charge in [-0.25, -0.2) is 0 Å². The Morgan fingerprint density at radius 2 is 1.02 bits per heavy atom. The Balaban J connectivity index is 0.975. The second-order valence-electron chi connectivity index (χ2n) is 26.3. The molecule has 594 valence electrons. The zero-order valence-corrected chi connectivity index (χ0v) is 63.4. The average Bonchev–Trinajstić information content (AvgIpc) is 0.755. The number of benzene rings is 4. The molecular weight excluding hydrogens is 1410 g/mol. The van der Waals surface area contributed by atoms with E-state index >= 15 is 0 Å². The highest BCUT2D eigenvalue weighted by Gasteiger charge is 2.50. The molecule has 6 N–H and O–H groups in total. The number of anilines is 1. The number of ether oxygens (including phenoxy) is 14. The molecule has 0 spiro atoms. The molecular formula is C78H107N5O25. The van der Waals surface area contributed by atoms with E-state index in [2.05, 4.69) is 26.6 Å². The molecule has 0 radical (unpaired) electrons. The number of esters is 5. The lowest BCUT2D eigenvalue weighted by molar-refractivity contribution is -0.290. The minimum absolute atomic E-state index is 0.00401. The molecule has 0 saturated carbocycles. The maximum Gasteiger partial charge on any atom is 0.303 e. The molecule has 11 atom stereocenters. The molecule has 5 amide bonds. The molecule has 6 rings (SSSR count). The predicted octanol–water partition coefficient (Wildman–Crippen LogP) is 6.48. The number of unbranched alkanes of at least 4 members (excludes halogenated alkanes) is 5. The maximum atomic E-state index is 13.8. The molecule has 2 fully saturated rings. The van der Waals surface area contributed by atoms with Crippen molar-refractivity contribution in [2.75, 3.05) is 85.5 Å². The molecule has 0 aliphatic carbocycles. The van der Waals surface area contributed by atoms with Gasteiger partial charge in [0.05, 0.1) is 67.1 Å². The first kappa shape index (κ1) is 87.8. The summed E-state index contributed by atoms with van der Waals surface area (Å²) in [5, 5.41) is 24.4. The zero-order valence-electron chi connectivity index (χ0n) is 63.4. The fourth-order valence-corrected chi connectivity index (χ4v) is 12.6. The average molecular weight is 1510 g/mol. The lowest BCUT2D eigenvalue weighted by Gasteiger charge is -2.44. The topological polar surface area (TPSA) is 380 Å². The molecule has 2 saturated heterocycles. The van der Waals surface area contributed by atoms with E-state index in [1.54, 1.807) is 34.1 Å². The normalized spacial score (nSPS) is 20.0. The third-order valence-electron chi connectivity index (χ3n) is 17.8. The van der Waals surface area contributed by atoms with Crippen molar-refractivity contribution in [2.24, 2.45) is 11.8 Å². The number of amides is 5. The van der Waals surface area contributed by atoms with Crippen LogP contribution in [0.2, 0.25) is 0 Å². The van der Waals surface area contributed by atoms with Gasteiger partial charge in [-0.1, -0.05) is 100 Å². The van der Waals surface area contributed by atoms with Crippen molar-refractivity contribution in [3.05, 3.63) is 125 Å². The minimum Gasteiger partial charge on any atom is -0.497 e. The number of aliphatic hydroxyl groups excluding tert-OH is 1. The van der Waals surface area contributed by atoms with Crippen LogP contribution in [-0.2, 0) is 124 Å². The lowest BCUT2D eigenvalue weighted by atomic mass is 9.80. The molecule has 4 aromatic carbocycles. The number of nitrogens with one attached hydrogen (secondary N) is 5. The molecule has 30 heteroatoms. The number of carbonyl (C=O) groups is 10. The van der Waals surface area contributed by atoms with Crippen molar-refractivity contribution in [1.29, 1.82) is 0 Å². The summed E-state index contributed by atoms with van der Waals surface area (Å²) in [7, 11) is 3.22. The van der Waals surface area contributed by atoms with E-state index in [0.717, 1.165) is 41.5 Å². The van der Waals surface area contributed by atoms with Gasteiger partial charge in [0.15, 0.2) is 18.7 Å². The van der Waals surface area contributed by atoms with Gasteiger partial charge in [0.1, 0.15) is 66.8 Å². The summed E-state index contributed by atoms with van der Waals surface area (Å²) >= 11 is 0. The lowest BCUT2D eigenvalue weighted by Crippen LogP contribution is -2.63. The number of methoxy groups -OCH3 is 2. The Morgan fingerprint density at radius 1 is 0.509 bits per heavy atom. The zero-order chi connectivity index (χ0) is 78.5. The van der Waals surface area contributed by atoms with Gasteiger partial charge >= 0.3 is 29.8 Å². The number of aliphatic hydroxyl groups is 1. The van der Waals surface area contributed by atoms with Crippen molar-refractivity contribution in [3.8, 4) is 11.5 Å². The molecule has 2 aliphatic rings. The summed E-state index contributed by atoms with van der Waals surface area (Å²) in [6, 6.07) is 28.7. The van der Waals surface area contributed by atoms with Gasteiger partial charge in [0.2, 0.25) is 29.5 Å². The summed E-state index contributed by atoms with van der Waals surface area (Å²) in [5.74, 6) is -4.86. The molecule has 2 aliphatic heterocycles. The van der Waals surface area contributed by atoms with E-state index in [9.17, 15) is 53.1 Å². The first-order valence-electron chi connectivity index (χ1n) is 36.4. The number of hydrogen-bond acceptors (Lipinski definition) is 25. The van der Waals surface area contributed by atoms with Gasteiger partial charge in [-0.3, -0.25) is 47.9 Å². The smallest absolute Gasteiger partial charge is 0.303 e. The Hall–Kier alpha value is -9.14. The minimum atomic E-state index is -1.14. The van der Waals surface area contributed by atoms with Crippen molar-refractivity contribution in [2.45, 2.75) is 194 Å². The van der Waals surface area contributed by atoms with E-state index in [-0.39, 0.29) is 111 Å². The Labute approximate surface area is 630 Å². The first-order chi connectivity index (χ1) is 51.8. The van der Waals surface area contributed by atoms with Crippen molar-refractivity contribution >= 4 is 65.1 Å². The van der Waals surface area contributed by atoms with Crippen LogP contribution < -0.4 is 36.1 Å². The molecule has 0 bridgehead atoms. The van der Waals surface area contributed by atoms with E-state index < -0.39 is 126 Å². The molecule has 30 nitrogen and oxygen atoms in total. The van der Waals surface area contributed by atoms with Crippen molar-refractivity contribution in [1.82, 2.24) is 21.3 Å². The molecule has 0 aromatic heterocycles. The van der Waals surface area contributed by atoms with Crippen LogP contribution in [0.4, 0.5) is 5.69 Å². The van der Waals surface area contributed by atoms with E-state index in [1.165, 1.54) is 41.5 Å². The highest BCUT2D eigenvalue weighted by atomic mass is 16.7. The molecule has 2 unspecified atom stereocenters. The van der Waals surface area contributed by atoms with Gasteiger partial charge < -0.3 is 98.0 Å². The third kappa shape index (κ3) is 29.1. The summed E-state index contributed by atoms with van der Waals surface area (Å²) < 4.78 is 80.4. The highest BCUT2D eigenvalue weighted by molar-refractivity contribution is 5.91. The second kappa shape index (κ2) is 46.3. The van der Waals surface area contributed by atoms with Crippen LogP contribution in [0, 0.1) is 11.8 Å². The highest BCUT2D eigenvalue weighted by Crippen LogP contribution is 2.43. The molecule has 2 heterocycles. The number of carbonyl (C=O) groups excluding carboxylic acids is 10. The summed E-state index contributed by atoms with van der Waals surface area (Å²) in [5.41, 5.74) is 3.31. The Kier molecular flexibility index (Phi) is 37.6. The van der Waals surface area contributed by atoms with Crippen molar-refractivity contribution in [3.63, 3.8) is 0 Å². The maximum absolute atomic E-state index is 13.8. The van der Waals surface area contributed by atoms with Gasteiger partial charge in [0.25, 0.3) is 0 Å². The number of rotatable bonds is 46. The first-order valence-corrected chi connectivity index (χ1v) is 36.4. The van der Waals surface area contributed by atoms with Crippen LogP contribution in [0.15, 0.2) is 97.1 Å². The van der Waals surface area contributed by atoms with E-state index in [1.807, 2.05) is 91.0 Å². The fraction of sp³-hybridized carbons (Fsp3) is 0.564. The molecule has 108 heavy (non-hydrogen) atoms.